The van der Waals surface area contributed by atoms with E-state index in [0.29, 0.717) is 17.9 Å². The molecule has 34 heavy (non-hydrogen) atoms. The van der Waals surface area contributed by atoms with Crippen LogP contribution in [0.3, 0.4) is 0 Å². The number of ether oxygens (including phenoxy) is 1. The second-order valence-electron chi connectivity index (χ2n) is 10.1. The second kappa shape index (κ2) is 9.78. The molecule has 6 heteroatoms. The summed E-state index contributed by atoms with van der Waals surface area (Å²) in [5.74, 6) is 0. The Morgan fingerprint density at radius 3 is 1.88 bits per heavy atom. The van der Waals surface area contributed by atoms with Crippen LogP contribution in [0.25, 0.3) is 0 Å². The van der Waals surface area contributed by atoms with E-state index in [4.69, 9.17) is 9.16 Å². The minimum atomic E-state index is -3.46. The first-order valence-electron chi connectivity index (χ1n) is 11.9. The largest absolute Gasteiger partial charge is 0.407 e. The summed E-state index contributed by atoms with van der Waals surface area (Å²) in [6, 6.07) is 28.1. The average molecular weight is 495 g/mol. The second-order valence-corrected chi connectivity index (χ2v) is 16.4. The molecule has 2 atom stereocenters. The molecule has 0 spiro atoms. The van der Waals surface area contributed by atoms with Crippen molar-refractivity contribution in [3.05, 3.63) is 90.5 Å². The van der Waals surface area contributed by atoms with Crippen molar-refractivity contribution in [3.63, 3.8) is 0 Å². The minimum absolute atomic E-state index is 0.0803. The molecule has 1 aliphatic rings. The Morgan fingerprint density at radius 2 is 1.38 bits per heavy atom. The van der Waals surface area contributed by atoms with Gasteiger partial charge < -0.3 is 9.16 Å². The summed E-state index contributed by atoms with van der Waals surface area (Å²) in [5.41, 5.74) is 0.288. The van der Waals surface area contributed by atoms with Gasteiger partial charge in [0.2, 0.25) is 9.84 Å². The molecule has 3 aromatic rings. The van der Waals surface area contributed by atoms with Gasteiger partial charge in [0.15, 0.2) is 5.44 Å². The van der Waals surface area contributed by atoms with Gasteiger partial charge in [0.25, 0.3) is 8.32 Å². The number of sulfone groups is 1. The van der Waals surface area contributed by atoms with E-state index in [1.807, 2.05) is 31.2 Å². The highest BCUT2D eigenvalue weighted by molar-refractivity contribution is 7.92. The van der Waals surface area contributed by atoms with Gasteiger partial charge >= 0.3 is 0 Å². The molecule has 0 aliphatic carbocycles. The lowest BCUT2D eigenvalue weighted by atomic mass is 10.2. The number of epoxide rings is 1. The lowest BCUT2D eigenvalue weighted by molar-refractivity contribution is 0.278. The molecule has 1 fully saturated rings. The molecule has 0 radical (unpaired) electrons. The molecule has 4 rings (SSSR count). The number of rotatable bonds is 9. The summed E-state index contributed by atoms with van der Waals surface area (Å²) in [7, 11) is -6.03. The standard InChI is InChI=1S/C28H34O4SSi/c1-22-17-19-23(20-18-22)33(29,30)27-26(32-27)16-11-21-31-34(28(2,3)4,24-12-7-5-8-13-24)25-14-9-6-10-15-25/h5-10,12-15,17-20,26-27H,11,16,21H2,1-4H3/t26-,27?/m0/s1. The summed E-state index contributed by atoms with van der Waals surface area (Å²) in [6.07, 6.45) is 1.14. The summed E-state index contributed by atoms with van der Waals surface area (Å²) in [4.78, 5) is 0.328. The molecule has 1 saturated heterocycles. The van der Waals surface area contributed by atoms with E-state index in [1.54, 1.807) is 12.1 Å². The topological polar surface area (TPSA) is 55.9 Å². The molecule has 0 aromatic heterocycles. The zero-order valence-electron chi connectivity index (χ0n) is 20.4. The Labute approximate surface area is 205 Å². The summed E-state index contributed by atoms with van der Waals surface area (Å²) >= 11 is 0. The quantitative estimate of drug-likeness (QED) is 0.242. The van der Waals surface area contributed by atoms with Crippen LogP contribution in [0.5, 0.6) is 0 Å². The monoisotopic (exact) mass is 494 g/mol. The van der Waals surface area contributed by atoms with Gasteiger partial charge in [-0.15, -0.1) is 0 Å². The maximum atomic E-state index is 12.9. The maximum Gasteiger partial charge on any atom is 0.261 e. The van der Waals surface area contributed by atoms with E-state index in [0.717, 1.165) is 12.0 Å². The number of hydrogen-bond donors (Lipinski definition) is 0. The fraction of sp³-hybridized carbons (Fsp3) is 0.357. The van der Waals surface area contributed by atoms with Crippen LogP contribution in [0.2, 0.25) is 5.04 Å². The van der Waals surface area contributed by atoms with Crippen molar-refractivity contribution in [1.82, 2.24) is 0 Å². The number of hydrogen-bond acceptors (Lipinski definition) is 4. The van der Waals surface area contributed by atoms with Crippen molar-refractivity contribution in [1.29, 1.82) is 0 Å². The zero-order valence-corrected chi connectivity index (χ0v) is 22.2. The minimum Gasteiger partial charge on any atom is -0.407 e. The molecule has 0 N–H and O–H groups in total. The molecular formula is C28H34O4SSi. The highest BCUT2D eigenvalue weighted by Crippen LogP contribution is 2.38. The van der Waals surface area contributed by atoms with Crippen molar-refractivity contribution in [2.45, 2.75) is 62.0 Å². The SMILES string of the molecule is Cc1ccc(S(=O)(=O)C2O[C@H]2CCCO[Si](c2ccccc2)(c2ccccc2)C(C)(C)C)cc1. The number of benzene rings is 3. The van der Waals surface area contributed by atoms with Gasteiger partial charge in [-0.1, -0.05) is 99.1 Å². The highest BCUT2D eigenvalue weighted by atomic mass is 32.2. The van der Waals surface area contributed by atoms with Crippen LogP contribution in [-0.4, -0.2) is 34.9 Å². The lowest BCUT2D eigenvalue weighted by Gasteiger charge is -2.43. The van der Waals surface area contributed by atoms with Crippen LogP contribution >= 0.6 is 0 Å². The summed E-state index contributed by atoms with van der Waals surface area (Å²) < 4.78 is 38.2. The van der Waals surface area contributed by atoms with Crippen molar-refractivity contribution < 1.29 is 17.6 Å². The average Bonchev–Trinajstić information content (AvgIpc) is 3.60. The van der Waals surface area contributed by atoms with Gasteiger partial charge in [0.05, 0.1) is 4.90 Å². The van der Waals surface area contributed by atoms with Crippen LogP contribution in [0, 0.1) is 6.92 Å². The smallest absolute Gasteiger partial charge is 0.261 e. The first-order valence-corrected chi connectivity index (χ1v) is 15.3. The van der Waals surface area contributed by atoms with Crippen molar-refractivity contribution in [2.24, 2.45) is 0 Å². The summed E-state index contributed by atoms with van der Waals surface area (Å²) in [6.45, 7) is 9.28. The molecule has 4 nitrogen and oxygen atoms in total. The molecule has 0 saturated carbocycles. The Bertz CT molecular complexity index is 1150. The molecule has 1 unspecified atom stereocenters. The molecule has 1 heterocycles. The van der Waals surface area contributed by atoms with Crippen LogP contribution in [0.1, 0.15) is 39.2 Å². The van der Waals surface area contributed by atoms with Crippen molar-refractivity contribution >= 4 is 28.5 Å². The normalized spacial score (nSPS) is 18.6. The predicted molar refractivity (Wildman–Crippen MR) is 140 cm³/mol. The first kappa shape index (κ1) is 24.9. The van der Waals surface area contributed by atoms with Gasteiger partial charge in [-0.3, -0.25) is 0 Å². The van der Waals surface area contributed by atoms with Gasteiger partial charge in [-0.2, -0.15) is 0 Å². The molecular weight excluding hydrogens is 460 g/mol. The van der Waals surface area contributed by atoms with Gasteiger partial charge in [0, 0.05) is 6.61 Å². The van der Waals surface area contributed by atoms with Gasteiger partial charge in [0.1, 0.15) is 6.10 Å². The van der Waals surface area contributed by atoms with E-state index in [9.17, 15) is 8.42 Å². The van der Waals surface area contributed by atoms with E-state index in [-0.39, 0.29) is 11.1 Å². The van der Waals surface area contributed by atoms with Crippen LogP contribution in [0.15, 0.2) is 89.8 Å². The Hall–Kier alpha value is -2.25. The molecule has 0 bridgehead atoms. The zero-order chi connectivity index (χ0) is 24.4. The van der Waals surface area contributed by atoms with Crippen LogP contribution in [0.4, 0.5) is 0 Å². The molecule has 180 valence electrons. The van der Waals surface area contributed by atoms with E-state index in [1.165, 1.54) is 10.4 Å². The fourth-order valence-electron chi connectivity index (χ4n) is 4.74. The summed E-state index contributed by atoms with van der Waals surface area (Å²) in [5, 5.41) is 2.41. The molecule has 1 aliphatic heterocycles. The third-order valence-electron chi connectivity index (χ3n) is 6.56. The maximum absolute atomic E-state index is 12.9. The molecule has 0 amide bonds. The van der Waals surface area contributed by atoms with Crippen molar-refractivity contribution in [3.8, 4) is 0 Å². The highest BCUT2D eigenvalue weighted by Gasteiger charge is 2.51. The van der Waals surface area contributed by atoms with Crippen LogP contribution < -0.4 is 10.4 Å². The Kier molecular flexibility index (Phi) is 7.15. The Morgan fingerprint density at radius 1 is 0.853 bits per heavy atom. The fourth-order valence-corrected chi connectivity index (χ4v) is 11.0. The Balaban J connectivity index is 1.46. The van der Waals surface area contributed by atoms with Crippen molar-refractivity contribution in [2.75, 3.05) is 6.61 Å². The van der Waals surface area contributed by atoms with Crippen LogP contribution in [-0.2, 0) is 19.0 Å². The third kappa shape index (κ3) is 4.91. The predicted octanol–water partition coefficient (Wildman–Crippen LogP) is 4.85. The third-order valence-corrected chi connectivity index (χ3v) is 13.6. The first-order chi connectivity index (χ1) is 16.2. The number of aryl methyl sites for hydroxylation is 1. The lowest BCUT2D eigenvalue weighted by Crippen LogP contribution is -2.66. The van der Waals surface area contributed by atoms with E-state index >= 15 is 0 Å². The molecule has 3 aromatic carbocycles. The van der Waals surface area contributed by atoms with Gasteiger partial charge in [-0.05, 0) is 47.3 Å². The van der Waals surface area contributed by atoms with Gasteiger partial charge in [-0.25, -0.2) is 8.42 Å². The van der Waals surface area contributed by atoms with E-state index < -0.39 is 23.6 Å². The van der Waals surface area contributed by atoms with E-state index in [2.05, 4.69) is 69.3 Å².